The van der Waals surface area contributed by atoms with E-state index in [0.29, 0.717) is 12.2 Å². The predicted octanol–water partition coefficient (Wildman–Crippen LogP) is 1.90. The van der Waals surface area contributed by atoms with Crippen molar-refractivity contribution in [3.8, 4) is 5.75 Å². The van der Waals surface area contributed by atoms with Gasteiger partial charge >= 0.3 is 5.69 Å². The van der Waals surface area contributed by atoms with Gasteiger partial charge in [0.2, 0.25) is 0 Å². The highest BCUT2D eigenvalue weighted by molar-refractivity contribution is 5.53. The van der Waals surface area contributed by atoms with Gasteiger partial charge in [-0.15, -0.1) is 0 Å². The largest absolute Gasteiger partial charge is 0.490 e. The number of nitrogens with zero attached hydrogens (tertiary/aromatic N) is 1. The number of nitro benzene ring substituents is 1. The smallest absolute Gasteiger partial charge is 0.314 e. The molecule has 1 aromatic rings. The molecule has 5 heteroatoms. The van der Waals surface area contributed by atoms with Gasteiger partial charge in [-0.05, 0) is 32.4 Å². The summed E-state index contributed by atoms with van der Waals surface area (Å²) in [6, 6.07) is 5.23. The Balaban J connectivity index is 2.36. The number of hydrogen-bond donors (Lipinski definition) is 1. The number of rotatable bonds is 5. The summed E-state index contributed by atoms with van der Waals surface area (Å²) in [5.41, 5.74) is 0.884. The summed E-state index contributed by atoms with van der Waals surface area (Å²) in [6.45, 7) is 0. The van der Waals surface area contributed by atoms with E-state index in [1.807, 2.05) is 7.05 Å². The maximum atomic E-state index is 11.1. The molecule has 0 unspecified atom stereocenters. The minimum atomic E-state index is -0.361. The van der Waals surface area contributed by atoms with Crippen molar-refractivity contribution in [1.29, 1.82) is 0 Å². The van der Waals surface area contributed by atoms with Crippen LogP contribution in [0.5, 0.6) is 5.75 Å². The molecule has 0 bridgehead atoms. The fraction of sp³-hybridized carbons (Fsp3) is 0.500. The number of hydrogen-bond acceptors (Lipinski definition) is 4. The van der Waals surface area contributed by atoms with Crippen molar-refractivity contribution in [2.75, 3.05) is 14.2 Å². The maximum Gasteiger partial charge on any atom is 0.314 e. The van der Waals surface area contributed by atoms with Crippen molar-refractivity contribution in [1.82, 2.24) is 5.32 Å². The van der Waals surface area contributed by atoms with Crippen LogP contribution in [-0.4, -0.2) is 24.6 Å². The minimum absolute atomic E-state index is 0.0527. The Labute approximate surface area is 99.9 Å². The molecule has 0 radical (unpaired) electrons. The van der Waals surface area contributed by atoms with Gasteiger partial charge in [0, 0.05) is 11.1 Å². The highest BCUT2D eigenvalue weighted by atomic mass is 16.6. The van der Waals surface area contributed by atoms with Gasteiger partial charge in [-0.25, -0.2) is 0 Å². The number of likely N-dealkylation sites (N-methyl/N-ethyl adjacent to an activating group) is 1. The molecule has 0 spiro atoms. The van der Waals surface area contributed by atoms with Crippen molar-refractivity contribution in [2.24, 2.45) is 0 Å². The first-order valence-electron chi connectivity index (χ1n) is 5.61. The second-order valence-corrected chi connectivity index (χ2v) is 4.43. The molecule has 1 aromatic carbocycles. The molecule has 92 valence electrons. The van der Waals surface area contributed by atoms with Crippen LogP contribution < -0.4 is 10.1 Å². The molecular weight excluding hydrogens is 220 g/mol. The molecule has 0 heterocycles. The number of benzene rings is 1. The van der Waals surface area contributed by atoms with E-state index >= 15 is 0 Å². The average molecular weight is 236 g/mol. The molecule has 1 saturated carbocycles. The highest BCUT2D eigenvalue weighted by Crippen LogP contribution is 2.41. The van der Waals surface area contributed by atoms with Crippen molar-refractivity contribution in [2.45, 2.75) is 24.8 Å². The van der Waals surface area contributed by atoms with Crippen LogP contribution in [0.3, 0.4) is 0 Å². The topological polar surface area (TPSA) is 64.4 Å². The zero-order chi connectivity index (χ0) is 12.5. The second-order valence-electron chi connectivity index (χ2n) is 4.43. The zero-order valence-electron chi connectivity index (χ0n) is 10.0. The van der Waals surface area contributed by atoms with E-state index in [4.69, 9.17) is 4.74 Å². The van der Waals surface area contributed by atoms with Crippen LogP contribution in [0, 0.1) is 10.1 Å². The summed E-state index contributed by atoms with van der Waals surface area (Å²) in [5, 5.41) is 14.3. The lowest BCUT2D eigenvalue weighted by Gasteiger charge is -2.14. The van der Waals surface area contributed by atoms with E-state index in [0.717, 1.165) is 18.4 Å². The first-order chi connectivity index (χ1) is 8.12. The molecule has 2 rings (SSSR count). The summed E-state index contributed by atoms with van der Waals surface area (Å²) in [6.07, 6.45) is 2.81. The van der Waals surface area contributed by atoms with E-state index < -0.39 is 0 Å². The van der Waals surface area contributed by atoms with Gasteiger partial charge in [0.05, 0.1) is 12.0 Å². The molecule has 5 nitrogen and oxygen atoms in total. The monoisotopic (exact) mass is 236 g/mol. The van der Waals surface area contributed by atoms with Gasteiger partial charge in [0.1, 0.15) is 0 Å². The molecule has 0 amide bonds. The third-order valence-corrected chi connectivity index (χ3v) is 3.40. The number of para-hydroxylation sites is 1. The van der Waals surface area contributed by atoms with Crippen LogP contribution in [-0.2, 0) is 6.42 Å². The fourth-order valence-corrected chi connectivity index (χ4v) is 2.11. The summed E-state index contributed by atoms with van der Waals surface area (Å²) in [4.78, 5) is 10.7. The number of methoxy groups -OCH3 is 1. The van der Waals surface area contributed by atoms with Gasteiger partial charge < -0.3 is 10.1 Å². The normalized spacial score (nSPS) is 16.6. The Morgan fingerprint density at radius 2 is 2.24 bits per heavy atom. The fourth-order valence-electron chi connectivity index (χ4n) is 2.11. The third kappa shape index (κ3) is 2.24. The van der Waals surface area contributed by atoms with E-state index in [-0.39, 0.29) is 16.1 Å². The average Bonchev–Trinajstić information content (AvgIpc) is 3.08. The molecule has 0 aliphatic heterocycles. The second kappa shape index (κ2) is 4.33. The Morgan fingerprint density at radius 1 is 1.53 bits per heavy atom. The first kappa shape index (κ1) is 11.9. The van der Waals surface area contributed by atoms with Gasteiger partial charge in [-0.3, -0.25) is 10.1 Å². The molecule has 1 fully saturated rings. The van der Waals surface area contributed by atoms with Crippen LogP contribution in [0.15, 0.2) is 18.2 Å². The summed E-state index contributed by atoms with van der Waals surface area (Å²) in [5.74, 6) is 0.333. The summed E-state index contributed by atoms with van der Waals surface area (Å²) < 4.78 is 5.05. The Hall–Kier alpha value is -1.62. The Kier molecular flexibility index (Phi) is 3.02. The number of nitrogens with one attached hydrogen (secondary N) is 1. The van der Waals surface area contributed by atoms with Crippen LogP contribution in [0.25, 0.3) is 0 Å². The van der Waals surface area contributed by atoms with E-state index in [1.165, 1.54) is 7.11 Å². The first-order valence-corrected chi connectivity index (χ1v) is 5.61. The van der Waals surface area contributed by atoms with Crippen molar-refractivity contribution < 1.29 is 9.66 Å². The quantitative estimate of drug-likeness (QED) is 0.626. The van der Waals surface area contributed by atoms with E-state index in [1.54, 1.807) is 18.2 Å². The zero-order valence-corrected chi connectivity index (χ0v) is 10.0. The molecule has 1 aliphatic carbocycles. The highest BCUT2D eigenvalue weighted by Gasteiger charge is 2.42. The summed E-state index contributed by atoms with van der Waals surface area (Å²) >= 11 is 0. The minimum Gasteiger partial charge on any atom is -0.490 e. The van der Waals surface area contributed by atoms with Crippen LogP contribution in [0.1, 0.15) is 18.4 Å². The molecule has 17 heavy (non-hydrogen) atoms. The SMILES string of the molecule is CNC1(Cc2cccc(OC)c2[N+](=O)[O-])CC1. The lowest BCUT2D eigenvalue weighted by atomic mass is 10.0. The van der Waals surface area contributed by atoms with Crippen LogP contribution >= 0.6 is 0 Å². The van der Waals surface area contributed by atoms with E-state index in [2.05, 4.69) is 5.32 Å². The standard InChI is InChI=1S/C12H16N2O3/c1-13-12(6-7-12)8-9-4-3-5-10(17-2)11(9)14(15)16/h3-5,13H,6-8H2,1-2H3. The molecule has 0 atom stereocenters. The molecule has 0 aromatic heterocycles. The Morgan fingerprint density at radius 3 is 2.71 bits per heavy atom. The van der Waals surface area contributed by atoms with Crippen molar-refractivity contribution in [3.05, 3.63) is 33.9 Å². The molecule has 1 aliphatic rings. The van der Waals surface area contributed by atoms with Crippen molar-refractivity contribution in [3.63, 3.8) is 0 Å². The summed E-state index contributed by atoms with van der Waals surface area (Å²) in [7, 11) is 3.36. The van der Waals surface area contributed by atoms with Gasteiger partial charge in [-0.2, -0.15) is 0 Å². The van der Waals surface area contributed by atoms with Crippen LogP contribution in [0.4, 0.5) is 5.69 Å². The lowest BCUT2D eigenvalue weighted by molar-refractivity contribution is -0.386. The van der Waals surface area contributed by atoms with Crippen LogP contribution in [0.2, 0.25) is 0 Å². The van der Waals surface area contributed by atoms with Gasteiger partial charge in [0.15, 0.2) is 5.75 Å². The van der Waals surface area contributed by atoms with Gasteiger partial charge in [0.25, 0.3) is 0 Å². The van der Waals surface area contributed by atoms with Gasteiger partial charge in [-0.1, -0.05) is 12.1 Å². The Bertz CT molecular complexity index is 441. The third-order valence-electron chi connectivity index (χ3n) is 3.40. The number of ether oxygens (including phenoxy) is 1. The maximum absolute atomic E-state index is 11.1. The molecule has 1 N–H and O–H groups in total. The molecular formula is C12H16N2O3. The molecule has 0 saturated heterocycles. The number of nitro groups is 1. The lowest BCUT2D eigenvalue weighted by Crippen LogP contribution is -2.29. The van der Waals surface area contributed by atoms with Crippen molar-refractivity contribution >= 4 is 5.69 Å². The van der Waals surface area contributed by atoms with E-state index in [9.17, 15) is 10.1 Å². The predicted molar refractivity (Wildman–Crippen MR) is 64.4 cm³/mol.